The molecule has 25 heavy (non-hydrogen) atoms. The Balaban J connectivity index is 1.38. The molecule has 5 heteroatoms. The fourth-order valence-corrected chi connectivity index (χ4v) is 4.78. The van der Waals surface area contributed by atoms with Crippen LogP contribution in [-0.4, -0.2) is 61.7 Å². The highest BCUT2D eigenvalue weighted by Crippen LogP contribution is 2.33. The molecule has 0 aliphatic carbocycles. The van der Waals surface area contributed by atoms with Gasteiger partial charge in [-0.1, -0.05) is 18.2 Å². The van der Waals surface area contributed by atoms with E-state index in [-0.39, 0.29) is 6.03 Å². The molecule has 2 amide bonds. The first kappa shape index (κ1) is 16.7. The summed E-state index contributed by atoms with van der Waals surface area (Å²) < 4.78 is 5.73. The van der Waals surface area contributed by atoms with Gasteiger partial charge in [-0.2, -0.15) is 0 Å². The minimum Gasteiger partial charge on any atom is -0.493 e. The van der Waals surface area contributed by atoms with E-state index in [0.717, 1.165) is 51.3 Å². The predicted octanol–water partition coefficient (Wildman–Crippen LogP) is 2.68. The number of benzene rings is 1. The third kappa shape index (κ3) is 3.47. The zero-order chi connectivity index (χ0) is 17.2. The molecule has 2 fully saturated rings. The average Bonchev–Trinajstić information content (AvgIpc) is 2.65. The van der Waals surface area contributed by atoms with Gasteiger partial charge in [0.25, 0.3) is 0 Å². The van der Waals surface area contributed by atoms with Crippen LogP contribution in [-0.2, 0) is 0 Å². The maximum atomic E-state index is 12.9. The molecule has 0 spiro atoms. The van der Waals surface area contributed by atoms with Gasteiger partial charge in [0.15, 0.2) is 0 Å². The summed E-state index contributed by atoms with van der Waals surface area (Å²) in [7, 11) is 2.19. The van der Waals surface area contributed by atoms with Crippen molar-refractivity contribution in [2.45, 2.75) is 37.6 Å². The Kier molecular flexibility index (Phi) is 4.84. The molecule has 3 aliphatic rings. The highest BCUT2D eigenvalue weighted by Gasteiger charge is 2.37. The Hall–Kier alpha value is -1.75. The Morgan fingerprint density at radius 1 is 1.24 bits per heavy atom. The largest absolute Gasteiger partial charge is 0.493 e. The van der Waals surface area contributed by atoms with Crippen molar-refractivity contribution in [3.63, 3.8) is 0 Å². The van der Waals surface area contributed by atoms with Gasteiger partial charge < -0.3 is 19.9 Å². The molecule has 3 heterocycles. The maximum Gasteiger partial charge on any atom is 0.317 e. The second-order valence-electron chi connectivity index (χ2n) is 7.77. The lowest BCUT2D eigenvalue weighted by Crippen LogP contribution is -2.57. The molecule has 4 rings (SSSR count). The first-order chi connectivity index (χ1) is 12.2. The lowest BCUT2D eigenvalue weighted by atomic mass is 9.84. The van der Waals surface area contributed by atoms with Gasteiger partial charge in [0, 0.05) is 31.6 Å². The second kappa shape index (κ2) is 7.24. The summed E-state index contributed by atoms with van der Waals surface area (Å²) in [6, 6.07) is 8.76. The molecule has 0 unspecified atom stereocenters. The van der Waals surface area contributed by atoms with Crippen LogP contribution in [0.3, 0.4) is 0 Å². The van der Waals surface area contributed by atoms with Crippen LogP contribution in [0.15, 0.2) is 24.3 Å². The van der Waals surface area contributed by atoms with E-state index in [4.69, 9.17) is 4.74 Å². The number of amides is 2. The molecule has 2 saturated heterocycles. The number of carbonyl (C=O) groups excluding carboxylic acids is 1. The van der Waals surface area contributed by atoms with Crippen molar-refractivity contribution >= 4 is 6.03 Å². The van der Waals surface area contributed by atoms with E-state index in [2.05, 4.69) is 34.3 Å². The van der Waals surface area contributed by atoms with Crippen molar-refractivity contribution in [3.05, 3.63) is 29.8 Å². The number of hydrogen-bond acceptors (Lipinski definition) is 3. The summed E-state index contributed by atoms with van der Waals surface area (Å²) in [5, 5.41) is 3.23. The summed E-state index contributed by atoms with van der Waals surface area (Å²) >= 11 is 0. The normalized spacial score (nSPS) is 29.3. The summed E-state index contributed by atoms with van der Waals surface area (Å²) in [4.78, 5) is 17.4. The number of rotatable bonds is 2. The average molecular weight is 343 g/mol. The van der Waals surface area contributed by atoms with Crippen LogP contribution in [0, 0.1) is 5.92 Å². The lowest BCUT2D eigenvalue weighted by molar-refractivity contribution is 0.0531. The zero-order valence-electron chi connectivity index (χ0n) is 15.1. The minimum atomic E-state index is 0.128. The minimum absolute atomic E-state index is 0.128. The van der Waals surface area contributed by atoms with E-state index in [0.29, 0.717) is 24.4 Å². The van der Waals surface area contributed by atoms with Crippen LogP contribution in [0.2, 0.25) is 0 Å². The summed E-state index contributed by atoms with van der Waals surface area (Å²) in [6.45, 7) is 4.56. The number of likely N-dealkylation sites (tertiary alicyclic amines) is 2. The molecule has 0 bridgehead atoms. The Morgan fingerprint density at radius 3 is 3.04 bits per heavy atom. The van der Waals surface area contributed by atoms with Crippen molar-refractivity contribution in [2.24, 2.45) is 5.92 Å². The highest BCUT2D eigenvalue weighted by molar-refractivity contribution is 5.74. The zero-order valence-corrected chi connectivity index (χ0v) is 15.1. The van der Waals surface area contributed by atoms with Gasteiger partial charge in [0.1, 0.15) is 5.75 Å². The molecular weight excluding hydrogens is 314 g/mol. The summed E-state index contributed by atoms with van der Waals surface area (Å²) in [5.41, 5.74) is 1.23. The number of fused-ring (bicyclic) bond motifs is 2. The van der Waals surface area contributed by atoms with Crippen LogP contribution in [0.4, 0.5) is 4.79 Å². The number of carbonyl (C=O) groups is 1. The number of piperidine rings is 2. The number of nitrogens with zero attached hydrogens (tertiary/aromatic N) is 2. The molecule has 3 aliphatic heterocycles. The lowest BCUT2D eigenvalue weighted by Gasteiger charge is -2.46. The fraction of sp³-hybridized carbons (Fsp3) is 0.650. The van der Waals surface area contributed by atoms with E-state index in [1.165, 1.54) is 12.0 Å². The van der Waals surface area contributed by atoms with Crippen molar-refractivity contribution in [2.75, 3.05) is 39.8 Å². The van der Waals surface area contributed by atoms with Gasteiger partial charge in [0.2, 0.25) is 0 Å². The summed E-state index contributed by atoms with van der Waals surface area (Å²) in [6.07, 6.45) is 4.46. The number of hydrogen-bond donors (Lipinski definition) is 1. The molecule has 1 aromatic carbocycles. The Bertz CT molecular complexity index is 621. The topological polar surface area (TPSA) is 44.8 Å². The molecule has 0 aromatic heterocycles. The molecule has 0 saturated carbocycles. The van der Waals surface area contributed by atoms with Crippen molar-refractivity contribution in [1.82, 2.24) is 15.1 Å². The molecule has 3 atom stereocenters. The van der Waals surface area contributed by atoms with Crippen LogP contribution in [0.5, 0.6) is 5.75 Å². The van der Waals surface area contributed by atoms with Gasteiger partial charge in [-0.25, -0.2) is 4.79 Å². The molecule has 5 nitrogen and oxygen atoms in total. The van der Waals surface area contributed by atoms with Crippen LogP contribution < -0.4 is 10.1 Å². The van der Waals surface area contributed by atoms with Gasteiger partial charge >= 0.3 is 6.03 Å². The van der Waals surface area contributed by atoms with Crippen molar-refractivity contribution < 1.29 is 9.53 Å². The summed E-state index contributed by atoms with van der Waals surface area (Å²) in [5.74, 6) is 1.97. The number of nitrogens with one attached hydrogen (secondary N) is 1. The molecular formula is C20H29N3O2. The molecule has 136 valence electrons. The third-order valence-electron chi connectivity index (χ3n) is 6.11. The third-order valence-corrected chi connectivity index (χ3v) is 6.11. The van der Waals surface area contributed by atoms with Crippen LogP contribution in [0.25, 0.3) is 0 Å². The number of urea groups is 1. The monoisotopic (exact) mass is 343 g/mol. The maximum absolute atomic E-state index is 12.9. The molecule has 1 N–H and O–H groups in total. The second-order valence-corrected chi connectivity index (χ2v) is 7.77. The smallest absolute Gasteiger partial charge is 0.317 e. The fourth-order valence-electron chi connectivity index (χ4n) is 4.78. The van der Waals surface area contributed by atoms with Gasteiger partial charge in [0.05, 0.1) is 6.61 Å². The van der Waals surface area contributed by atoms with E-state index < -0.39 is 0 Å². The van der Waals surface area contributed by atoms with E-state index >= 15 is 0 Å². The van der Waals surface area contributed by atoms with Crippen molar-refractivity contribution in [1.29, 1.82) is 0 Å². The Morgan fingerprint density at radius 2 is 2.12 bits per heavy atom. The van der Waals surface area contributed by atoms with E-state index in [9.17, 15) is 4.79 Å². The van der Waals surface area contributed by atoms with Crippen molar-refractivity contribution in [3.8, 4) is 5.75 Å². The standard InChI is InChI=1S/C20H29N3O2/c1-22-11-8-18-16(14-22)5-4-10-23(18)20(24)21-13-15-9-12-25-19-7-3-2-6-17(15)19/h2-3,6-7,15-16,18H,4-5,8-14H2,1H3,(H,21,24)/t15-,16-,18-/m1/s1. The van der Waals surface area contributed by atoms with E-state index in [1.807, 2.05) is 12.1 Å². The Labute approximate surface area is 150 Å². The number of ether oxygens (including phenoxy) is 1. The number of para-hydroxylation sites is 1. The molecule has 1 aromatic rings. The van der Waals surface area contributed by atoms with Crippen LogP contribution >= 0.6 is 0 Å². The van der Waals surface area contributed by atoms with E-state index in [1.54, 1.807) is 0 Å². The molecule has 0 radical (unpaired) electrons. The first-order valence-corrected chi connectivity index (χ1v) is 9.67. The van der Waals surface area contributed by atoms with Gasteiger partial charge in [-0.15, -0.1) is 0 Å². The highest BCUT2D eigenvalue weighted by atomic mass is 16.5. The SMILES string of the molecule is CN1CC[C@@H]2[C@H](CCCN2C(=O)NC[C@H]2CCOc3ccccc32)C1. The van der Waals surface area contributed by atoms with Gasteiger partial charge in [-0.3, -0.25) is 0 Å². The van der Waals surface area contributed by atoms with Crippen LogP contribution in [0.1, 0.15) is 37.2 Å². The predicted molar refractivity (Wildman–Crippen MR) is 98.0 cm³/mol. The van der Waals surface area contributed by atoms with Gasteiger partial charge in [-0.05, 0) is 56.8 Å². The first-order valence-electron chi connectivity index (χ1n) is 9.67. The quantitative estimate of drug-likeness (QED) is 0.898.